The Labute approximate surface area is 146 Å². The molecule has 0 fully saturated rings. The Kier molecular flexibility index (Phi) is 3.50. The van der Waals surface area contributed by atoms with E-state index < -0.39 is 17.6 Å². The molecule has 1 amide bonds. The lowest BCUT2D eigenvalue weighted by molar-refractivity contribution is -0.137. The summed E-state index contributed by atoms with van der Waals surface area (Å²) in [6.45, 7) is 0. The van der Waals surface area contributed by atoms with Crippen molar-refractivity contribution in [3.63, 3.8) is 0 Å². The number of alkyl halides is 3. The van der Waals surface area contributed by atoms with Crippen LogP contribution >= 0.6 is 0 Å². The molecule has 3 aromatic rings. The minimum absolute atomic E-state index is 0.143. The SMILES string of the molecule is CN1c2ccc(C(F)(F)F)cc2N(c2ccccc2)C(=O)c2[nH]cnc21. The number of carbonyl (C=O) groups is 1. The van der Waals surface area contributed by atoms with E-state index in [1.54, 1.807) is 42.3 Å². The lowest BCUT2D eigenvalue weighted by Crippen LogP contribution is -2.26. The van der Waals surface area contributed by atoms with Crippen molar-refractivity contribution in [1.82, 2.24) is 9.97 Å². The van der Waals surface area contributed by atoms with Crippen LogP contribution in [0.5, 0.6) is 0 Å². The van der Waals surface area contributed by atoms with Gasteiger partial charge in [0.25, 0.3) is 5.91 Å². The van der Waals surface area contributed by atoms with E-state index in [0.717, 1.165) is 12.1 Å². The molecule has 0 saturated heterocycles. The van der Waals surface area contributed by atoms with Crippen LogP contribution in [0.2, 0.25) is 0 Å². The first-order chi connectivity index (χ1) is 12.4. The molecule has 0 atom stereocenters. The van der Waals surface area contributed by atoms with Gasteiger partial charge in [0, 0.05) is 12.7 Å². The average Bonchev–Trinajstić information content (AvgIpc) is 3.08. The molecule has 0 radical (unpaired) electrons. The van der Waals surface area contributed by atoms with E-state index in [2.05, 4.69) is 9.97 Å². The number of imidazole rings is 1. The van der Waals surface area contributed by atoms with E-state index in [1.807, 2.05) is 0 Å². The molecule has 0 aliphatic carbocycles. The molecule has 1 aromatic heterocycles. The monoisotopic (exact) mass is 358 g/mol. The van der Waals surface area contributed by atoms with Gasteiger partial charge in [-0.05, 0) is 30.3 Å². The van der Waals surface area contributed by atoms with Crippen molar-refractivity contribution in [3.8, 4) is 0 Å². The zero-order valence-corrected chi connectivity index (χ0v) is 13.6. The molecular weight excluding hydrogens is 345 g/mol. The minimum Gasteiger partial charge on any atom is -0.339 e. The number of benzene rings is 2. The fourth-order valence-electron chi connectivity index (χ4n) is 3.03. The number of para-hydroxylation sites is 1. The van der Waals surface area contributed by atoms with Crippen LogP contribution in [0, 0.1) is 0 Å². The van der Waals surface area contributed by atoms with Crippen molar-refractivity contribution < 1.29 is 18.0 Å². The number of amides is 1. The minimum atomic E-state index is -4.52. The average molecular weight is 358 g/mol. The second-order valence-electron chi connectivity index (χ2n) is 5.84. The number of hydrogen-bond donors (Lipinski definition) is 1. The second-order valence-corrected chi connectivity index (χ2v) is 5.84. The van der Waals surface area contributed by atoms with Gasteiger partial charge in [0.2, 0.25) is 0 Å². The third-order valence-electron chi connectivity index (χ3n) is 4.27. The number of carbonyl (C=O) groups excluding carboxylic acids is 1. The van der Waals surface area contributed by atoms with E-state index in [9.17, 15) is 18.0 Å². The number of anilines is 4. The van der Waals surface area contributed by atoms with Crippen LogP contribution in [0.3, 0.4) is 0 Å². The van der Waals surface area contributed by atoms with Crippen molar-refractivity contribution in [2.24, 2.45) is 0 Å². The maximum absolute atomic E-state index is 13.3. The zero-order chi connectivity index (χ0) is 18.5. The predicted molar refractivity (Wildman–Crippen MR) is 91.0 cm³/mol. The molecule has 1 aliphatic heterocycles. The molecular formula is C18H13F3N4O. The Balaban J connectivity index is 2.01. The van der Waals surface area contributed by atoms with Gasteiger partial charge in [0.05, 0.1) is 23.3 Å². The normalized spacial score (nSPS) is 14.1. The first kappa shape index (κ1) is 16.2. The summed E-state index contributed by atoms with van der Waals surface area (Å²) in [5, 5.41) is 0. The number of nitrogens with one attached hydrogen (secondary N) is 1. The van der Waals surface area contributed by atoms with Crippen LogP contribution in [-0.2, 0) is 6.18 Å². The number of H-pyrrole nitrogens is 1. The molecule has 0 unspecified atom stereocenters. The summed E-state index contributed by atoms with van der Waals surface area (Å²) in [6, 6.07) is 11.9. The van der Waals surface area contributed by atoms with Crippen LogP contribution in [0.4, 0.5) is 36.1 Å². The lowest BCUT2D eigenvalue weighted by atomic mass is 10.1. The van der Waals surface area contributed by atoms with Crippen LogP contribution in [0.25, 0.3) is 0 Å². The van der Waals surface area contributed by atoms with Gasteiger partial charge in [0.1, 0.15) is 5.69 Å². The van der Waals surface area contributed by atoms with Gasteiger partial charge in [-0.1, -0.05) is 18.2 Å². The van der Waals surface area contributed by atoms with Crippen LogP contribution < -0.4 is 9.80 Å². The molecule has 1 aliphatic rings. The molecule has 0 spiro atoms. The molecule has 5 nitrogen and oxygen atoms in total. The Hall–Kier alpha value is -3.29. The number of aromatic amines is 1. The van der Waals surface area contributed by atoms with Crippen LogP contribution in [-0.4, -0.2) is 22.9 Å². The number of rotatable bonds is 1. The Bertz CT molecular complexity index is 982. The van der Waals surface area contributed by atoms with Gasteiger partial charge in [-0.2, -0.15) is 13.2 Å². The maximum Gasteiger partial charge on any atom is 0.416 e. The molecule has 2 heterocycles. The third kappa shape index (κ3) is 2.42. The molecule has 8 heteroatoms. The number of aromatic nitrogens is 2. The number of hydrogen-bond acceptors (Lipinski definition) is 3. The van der Waals surface area contributed by atoms with E-state index in [4.69, 9.17) is 0 Å². The molecule has 26 heavy (non-hydrogen) atoms. The van der Waals surface area contributed by atoms with E-state index in [-0.39, 0.29) is 11.4 Å². The quantitative estimate of drug-likeness (QED) is 0.697. The highest BCUT2D eigenvalue weighted by molar-refractivity contribution is 6.16. The van der Waals surface area contributed by atoms with Crippen molar-refractivity contribution in [3.05, 3.63) is 66.1 Å². The summed E-state index contributed by atoms with van der Waals surface area (Å²) in [5.41, 5.74) is 0.443. The van der Waals surface area contributed by atoms with Crippen LogP contribution in [0.15, 0.2) is 54.9 Å². The number of nitrogens with zero attached hydrogens (tertiary/aromatic N) is 3. The summed E-state index contributed by atoms with van der Waals surface area (Å²) in [7, 11) is 1.66. The first-order valence-electron chi connectivity index (χ1n) is 7.76. The van der Waals surface area contributed by atoms with Gasteiger partial charge in [-0.25, -0.2) is 4.98 Å². The van der Waals surface area contributed by atoms with Crippen molar-refractivity contribution >= 4 is 28.8 Å². The topological polar surface area (TPSA) is 52.2 Å². The summed E-state index contributed by atoms with van der Waals surface area (Å²) in [6.07, 6.45) is -3.13. The molecule has 0 saturated carbocycles. The van der Waals surface area contributed by atoms with Gasteiger partial charge in [-0.3, -0.25) is 9.69 Å². The fraction of sp³-hybridized carbons (Fsp3) is 0.111. The standard InChI is InChI=1S/C18H13F3N4O/c1-24-13-8-7-11(18(19,20)21)9-14(13)25(12-5-3-2-4-6-12)17(26)15-16(24)23-10-22-15/h2-10H,1H3,(H,22,23). The van der Waals surface area contributed by atoms with Crippen molar-refractivity contribution in [1.29, 1.82) is 0 Å². The summed E-state index contributed by atoms with van der Waals surface area (Å²) in [4.78, 5) is 22.9. The molecule has 1 N–H and O–H groups in total. The highest BCUT2D eigenvalue weighted by atomic mass is 19.4. The first-order valence-corrected chi connectivity index (χ1v) is 7.76. The van der Waals surface area contributed by atoms with Gasteiger partial charge in [0.15, 0.2) is 5.82 Å². The largest absolute Gasteiger partial charge is 0.416 e. The van der Waals surface area contributed by atoms with Crippen LogP contribution in [0.1, 0.15) is 16.1 Å². The molecule has 132 valence electrons. The molecule has 0 bridgehead atoms. The highest BCUT2D eigenvalue weighted by Gasteiger charge is 2.36. The zero-order valence-electron chi connectivity index (χ0n) is 13.6. The predicted octanol–water partition coefficient (Wildman–Crippen LogP) is 4.49. The molecule has 4 rings (SSSR count). The highest BCUT2D eigenvalue weighted by Crippen LogP contribution is 2.44. The van der Waals surface area contributed by atoms with Crippen molar-refractivity contribution in [2.75, 3.05) is 16.8 Å². The molecule has 2 aromatic carbocycles. The van der Waals surface area contributed by atoms with E-state index in [1.165, 1.54) is 17.3 Å². The summed E-state index contributed by atoms with van der Waals surface area (Å²) in [5.74, 6) is -0.122. The Morgan fingerprint density at radius 3 is 2.46 bits per heavy atom. The Morgan fingerprint density at radius 2 is 1.77 bits per heavy atom. The lowest BCUT2D eigenvalue weighted by Gasteiger charge is -2.25. The Morgan fingerprint density at radius 1 is 1.04 bits per heavy atom. The third-order valence-corrected chi connectivity index (χ3v) is 4.27. The van der Waals surface area contributed by atoms with E-state index >= 15 is 0 Å². The second kappa shape index (κ2) is 5.62. The summed E-state index contributed by atoms with van der Waals surface area (Å²) >= 11 is 0. The van der Waals surface area contributed by atoms with Gasteiger partial charge >= 0.3 is 6.18 Å². The maximum atomic E-state index is 13.3. The van der Waals surface area contributed by atoms with E-state index in [0.29, 0.717) is 17.2 Å². The summed E-state index contributed by atoms with van der Waals surface area (Å²) < 4.78 is 39.8. The van der Waals surface area contributed by atoms with Gasteiger partial charge < -0.3 is 9.88 Å². The fourth-order valence-corrected chi connectivity index (χ4v) is 3.03. The van der Waals surface area contributed by atoms with Crippen molar-refractivity contribution in [2.45, 2.75) is 6.18 Å². The van der Waals surface area contributed by atoms with Gasteiger partial charge in [-0.15, -0.1) is 0 Å². The number of halogens is 3. The number of fused-ring (bicyclic) bond motifs is 2. The smallest absolute Gasteiger partial charge is 0.339 e.